The van der Waals surface area contributed by atoms with Crippen molar-refractivity contribution >= 4 is 21.5 Å². The highest BCUT2D eigenvalue weighted by Gasteiger charge is 2.25. The van der Waals surface area contributed by atoms with Gasteiger partial charge in [-0.05, 0) is 37.0 Å². The summed E-state index contributed by atoms with van der Waals surface area (Å²) in [6.07, 6.45) is 4.53. The van der Waals surface area contributed by atoms with Crippen LogP contribution in [0.4, 0.5) is 5.69 Å². The van der Waals surface area contributed by atoms with Crippen molar-refractivity contribution in [2.45, 2.75) is 38.4 Å². The molecule has 7 heteroatoms. The third-order valence-electron chi connectivity index (χ3n) is 3.82. The number of Topliss-reactive ketones (excluding diaryl/α,β-unsaturated/α-hetero) is 1. The first-order valence-electron chi connectivity index (χ1n) is 7.38. The predicted octanol–water partition coefficient (Wildman–Crippen LogP) is 2.09. The summed E-state index contributed by atoms with van der Waals surface area (Å²) < 4.78 is 36.9. The summed E-state index contributed by atoms with van der Waals surface area (Å²) in [4.78, 5) is 11.9. The predicted molar refractivity (Wildman–Crippen MR) is 81.8 cm³/mol. The fraction of sp³-hybridized carbons (Fsp3) is 0.533. The molecule has 22 heavy (non-hydrogen) atoms. The summed E-state index contributed by atoms with van der Waals surface area (Å²) in [6.45, 7) is 0.628. The number of ether oxygens (including phenoxy) is 2. The summed E-state index contributed by atoms with van der Waals surface area (Å²) in [7, 11) is -3.43. The Balaban J connectivity index is 1.94. The Kier molecular flexibility index (Phi) is 4.10. The van der Waals surface area contributed by atoms with Gasteiger partial charge in [0.1, 0.15) is 5.75 Å². The van der Waals surface area contributed by atoms with E-state index in [0.717, 1.165) is 31.1 Å². The third-order valence-corrected chi connectivity index (χ3v) is 4.41. The second-order valence-electron chi connectivity index (χ2n) is 5.72. The van der Waals surface area contributed by atoms with E-state index in [1.165, 1.54) is 0 Å². The average molecular weight is 325 g/mol. The third kappa shape index (κ3) is 3.41. The maximum absolute atomic E-state index is 11.9. The van der Waals surface area contributed by atoms with Gasteiger partial charge >= 0.3 is 0 Å². The maximum atomic E-state index is 11.9. The van der Waals surface area contributed by atoms with Crippen LogP contribution in [0, 0.1) is 0 Å². The molecule has 1 heterocycles. The smallest absolute Gasteiger partial charge is 0.229 e. The quantitative estimate of drug-likeness (QED) is 0.916. The zero-order valence-corrected chi connectivity index (χ0v) is 13.2. The number of sulfonamides is 1. The van der Waals surface area contributed by atoms with E-state index in [9.17, 15) is 13.2 Å². The molecule has 2 aliphatic rings. The highest BCUT2D eigenvalue weighted by molar-refractivity contribution is 7.92. The van der Waals surface area contributed by atoms with Gasteiger partial charge in [0, 0.05) is 18.4 Å². The molecular formula is C15H19NO5S. The molecule has 0 amide bonds. The van der Waals surface area contributed by atoms with Crippen LogP contribution in [0.5, 0.6) is 5.75 Å². The number of carbonyl (C=O) groups is 1. The molecule has 3 rings (SSSR count). The van der Waals surface area contributed by atoms with Crippen LogP contribution < -0.4 is 9.46 Å². The molecule has 1 saturated heterocycles. The van der Waals surface area contributed by atoms with Crippen molar-refractivity contribution in [3.63, 3.8) is 0 Å². The lowest BCUT2D eigenvalue weighted by Crippen LogP contribution is -2.25. The summed E-state index contributed by atoms with van der Waals surface area (Å²) in [5.41, 5.74) is 1.84. The number of benzene rings is 1. The van der Waals surface area contributed by atoms with Gasteiger partial charge in [-0.2, -0.15) is 0 Å². The highest BCUT2D eigenvalue weighted by atomic mass is 32.2. The van der Waals surface area contributed by atoms with Crippen LogP contribution in [0.2, 0.25) is 0 Å². The molecule has 0 radical (unpaired) electrons. The number of nitrogens with one attached hydrogen (secondary N) is 1. The molecule has 1 aromatic carbocycles. The molecule has 1 atom stereocenters. The molecule has 1 fully saturated rings. The fourth-order valence-electron chi connectivity index (χ4n) is 2.80. The lowest BCUT2D eigenvalue weighted by molar-refractivity contribution is -0.105. The van der Waals surface area contributed by atoms with E-state index in [4.69, 9.17) is 9.47 Å². The maximum Gasteiger partial charge on any atom is 0.229 e. The SMILES string of the molecule is CS(=O)(=O)Nc1cc2c(cc1OC1CCCCO1)C(=O)CC2. The zero-order valence-electron chi connectivity index (χ0n) is 12.4. The van der Waals surface area contributed by atoms with Crippen LogP contribution in [0.3, 0.4) is 0 Å². The topological polar surface area (TPSA) is 81.7 Å². The van der Waals surface area contributed by atoms with Crippen molar-refractivity contribution < 1.29 is 22.7 Å². The Hall–Kier alpha value is -1.60. The first kappa shape index (κ1) is 15.3. The molecule has 6 nitrogen and oxygen atoms in total. The fourth-order valence-corrected chi connectivity index (χ4v) is 3.36. The Labute approximate surface area is 129 Å². The van der Waals surface area contributed by atoms with Gasteiger partial charge in [0.25, 0.3) is 0 Å². The molecule has 1 N–H and O–H groups in total. The van der Waals surface area contributed by atoms with E-state index in [1.807, 2.05) is 0 Å². The standard InChI is InChI=1S/C15H19NO5S/c1-22(18,19)16-12-8-10-5-6-13(17)11(10)9-14(12)21-15-4-2-3-7-20-15/h8-9,15-16H,2-7H2,1H3. The van der Waals surface area contributed by atoms with Gasteiger partial charge in [0.15, 0.2) is 12.1 Å². The van der Waals surface area contributed by atoms with Gasteiger partial charge in [0.2, 0.25) is 10.0 Å². The number of carbonyl (C=O) groups excluding carboxylic acids is 1. The number of ketones is 1. The van der Waals surface area contributed by atoms with Crippen LogP contribution in [0.15, 0.2) is 12.1 Å². The summed E-state index contributed by atoms with van der Waals surface area (Å²) in [6, 6.07) is 3.33. The minimum Gasteiger partial charge on any atom is -0.463 e. The van der Waals surface area contributed by atoms with Crippen molar-refractivity contribution in [2.75, 3.05) is 17.6 Å². The number of hydrogen-bond donors (Lipinski definition) is 1. The van der Waals surface area contributed by atoms with Crippen LogP contribution in [-0.2, 0) is 21.2 Å². The average Bonchev–Trinajstić information content (AvgIpc) is 2.80. The molecule has 0 saturated carbocycles. The normalized spacial score (nSPS) is 21.5. The van der Waals surface area contributed by atoms with Gasteiger partial charge in [-0.1, -0.05) is 0 Å². The van der Waals surface area contributed by atoms with Gasteiger partial charge in [-0.15, -0.1) is 0 Å². The molecule has 0 spiro atoms. The van der Waals surface area contributed by atoms with E-state index >= 15 is 0 Å². The molecule has 1 aromatic rings. The van der Waals surface area contributed by atoms with Crippen LogP contribution in [-0.4, -0.2) is 33.4 Å². The second kappa shape index (κ2) is 5.89. The zero-order chi connectivity index (χ0) is 15.7. The van der Waals surface area contributed by atoms with E-state index in [1.54, 1.807) is 12.1 Å². The monoisotopic (exact) mass is 325 g/mol. The van der Waals surface area contributed by atoms with Crippen molar-refractivity contribution in [1.29, 1.82) is 0 Å². The molecule has 0 bridgehead atoms. The van der Waals surface area contributed by atoms with Crippen LogP contribution in [0.1, 0.15) is 41.6 Å². The lowest BCUT2D eigenvalue weighted by atomic mass is 10.1. The number of hydrogen-bond acceptors (Lipinski definition) is 5. The van der Waals surface area contributed by atoms with Crippen molar-refractivity contribution in [3.8, 4) is 5.75 Å². The first-order chi connectivity index (χ1) is 10.4. The van der Waals surface area contributed by atoms with Crippen LogP contribution >= 0.6 is 0 Å². The van der Waals surface area contributed by atoms with E-state index in [0.29, 0.717) is 36.4 Å². The minimum absolute atomic E-state index is 0.0651. The number of rotatable bonds is 4. The second-order valence-corrected chi connectivity index (χ2v) is 7.47. The molecule has 1 aliphatic heterocycles. The molecular weight excluding hydrogens is 306 g/mol. The van der Waals surface area contributed by atoms with E-state index in [2.05, 4.69) is 4.72 Å². The lowest BCUT2D eigenvalue weighted by Gasteiger charge is -2.25. The molecule has 120 valence electrons. The van der Waals surface area contributed by atoms with E-state index < -0.39 is 16.3 Å². The Morgan fingerprint density at radius 3 is 2.77 bits per heavy atom. The Morgan fingerprint density at radius 2 is 2.09 bits per heavy atom. The number of aryl methyl sites for hydroxylation is 1. The van der Waals surface area contributed by atoms with E-state index in [-0.39, 0.29) is 5.78 Å². The molecule has 1 unspecified atom stereocenters. The van der Waals surface area contributed by atoms with Crippen molar-refractivity contribution in [1.82, 2.24) is 0 Å². The Bertz CT molecular complexity index is 692. The number of anilines is 1. The molecule has 0 aromatic heterocycles. The van der Waals surface area contributed by atoms with Gasteiger partial charge in [-0.3, -0.25) is 9.52 Å². The largest absolute Gasteiger partial charge is 0.463 e. The highest BCUT2D eigenvalue weighted by Crippen LogP contribution is 2.35. The Morgan fingerprint density at radius 1 is 1.27 bits per heavy atom. The minimum atomic E-state index is -3.43. The molecule has 1 aliphatic carbocycles. The van der Waals surface area contributed by atoms with Crippen molar-refractivity contribution in [3.05, 3.63) is 23.3 Å². The summed E-state index contributed by atoms with van der Waals surface area (Å²) in [5.74, 6) is 0.418. The van der Waals surface area contributed by atoms with Gasteiger partial charge in [-0.25, -0.2) is 8.42 Å². The van der Waals surface area contributed by atoms with Gasteiger partial charge < -0.3 is 9.47 Å². The summed E-state index contributed by atoms with van der Waals surface area (Å²) in [5, 5.41) is 0. The van der Waals surface area contributed by atoms with Gasteiger partial charge in [0.05, 0.1) is 18.6 Å². The first-order valence-corrected chi connectivity index (χ1v) is 9.28. The number of fused-ring (bicyclic) bond motifs is 1. The van der Waals surface area contributed by atoms with Crippen molar-refractivity contribution in [2.24, 2.45) is 0 Å². The van der Waals surface area contributed by atoms with Crippen LogP contribution in [0.25, 0.3) is 0 Å². The summed E-state index contributed by atoms with van der Waals surface area (Å²) >= 11 is 0.